The molecule has 2 aromatic carbocycles. The topological polar surface area (TPSA) is 61.2 Å². The van der Waals surface area contributed by atoms with Crippen molar-refractivity contribution < 1.29 is 23.9 Å². The van der Waals surface area contributed by atoms with Crippen LogP contribution in [-0.2, 0) is 17.9 Å². The van der Waals surface area contributed by atoms with Crippen molar-refractivity contribution in [2.75, 3.05) is 33.4 Å². The van der Waals surface area contributed by atoms with E-state index >= 15 is 0 Å². The summed E-state index contributed by atoms with van der Waals surface area (Å²) in [5.74, 6) is 1.72. The molecule has 1 saturated heterocycles. The average molecular weight is 410 g/mol. The minimum absolute atomic E-state index is 0.132. The maximum atomic E-state index is 12.4. The van der Waals surface area contributed by atoms with E-state index in [-0.39, 0.29) is 5.91 Å². The molecule has 0 unspecified atom stereocenters. The lowest BCUT2D eigenvalue weighted by Gasteiger charge is -2.20. The summed E-state index contributed by atoms with van der Waals surface area (Å²) >= 11 is 0. The Balaban J connectivity index is 1.38. The molecule has 2 heterocycles. The van der Waals surface area contributed by atoms with E-state index in [0.717, 1.165) is 12.1 Å². The fraction of sp³-hybridized carbons (Fsp3) is 0.375. The van der Waals surface area contributed by atoms with Crippen molar-refractivity contribution in [2.45, 2.75) is 25.9 Å². The van der Waals surface area contributed by atoms with Crippen LogP contribution in [0, 0.1) is 0 Å². The molecule has 2 aliphatic heterocycles. The predicted octanol–water partition coefficient (Wildman–Crippen LogP) is 1.97. The number of nitrogens with one attached hydrogen (secondary N) is 2. The summed E-state index contributed by atoms with van der Waals surface area (Å²) in [6.07, 6.45) is 5.92. The molecule has 1 fully saturated rings. The minimum Gasteiger partial charge on any atom is -0.493 e. The first-order valence-electron chi connectivity index (χ1n) is 10.6. The number of benzene rings is 2. The Labute approximate surface area is 177 Å². The Morgan fingerprint density at radius 2 is 1.90 bits per heavy atom. The number of hydrogen-bond donors (Lipinski definition) is 2. The molecule has 0 spiro atoms. The Morgan fingerprint density at radius 3 is 2.70 bits per heavy atom. The van der Waals surface area contributed by atoms with Gasteiger partial charge in [-0.25, -0.2) is 0 Å². The minimum atomic E-state index is -0.132. The van der Waals surface area contributed by atoms with Crippen LogP contribution in [0.3, 0.4) is 0 Å². The first kappa shape index (κ1) is 20.3. The van der Waals surface area contributed by atoms with Gasteiger partial charge >= 0.3 is 0 Å². The van der Waals surface area contributed by atoms with E-state index in [2.05, 4.69) is 23.5 Å². The summed E-state index contributed by atoms with van der Waals surface area (Å²) in [7, 11) is 1.59. The highest BCUT2D eigenvalue weighted by atomic mass is 16.6. The van der Waals surface area contributed by atoms with Gasteiger partial charge in [-0.1, -0.05) is 24.3 Å². The van der Waals surface area contributed by atoms with Crippen molar-refractivity contribution in [2.24, 2.45) is 0 Å². The number of methoxy groups -OCH3 is 1. The molecule has 1 amide bonds. The highest BCUT2D eigenvalue weighted by Gasteiger charge is 2.18. The number of hydrogen-bond acceptors (Lipinski definition) is 4. The molecule has 2 aliphatic rings. The summed E-state index contributed by atoms with van der Waals surface area (Å²) in [5.41, 5.74) is 3.32. The van der Waals surface area contributed by atoms with Crippen molar-refractivity contribution in [1.82, 2.24) is 5.32 Å². The summed E-state index contributed by atoms with van der Waals surface area (Å²) in [5, 5.41) is 3.00. The van der Waals surface area contributed by atoms with E-state index in [1.165, 1.54) is 37.1 Å². The van der Waals surface area contributed by atoms with Crippen LogP contribution in [-0.4, -0.2) is 39.3 Å². The molecule has 0 bridgehead atoms. The highest BCUT2D eigenvalue weighted by molar-refractivity contribution is 5.91. The molecule has 2 aromatic rings. The zero-order chi connectivity index (χ0) is 20.8. The third kappa shape index (κ3) is 4.94. The number of fused-ring (bicyclic) bond motifs is 1. The molecule has 2 N–H and O–H groups in total. The number of carbonyl (C=O) groups is 1. The fourth-order valence-corrected chi connectivity index (χ4v) is 4.03. The summed E-state index contributed by atoms with van der Waals surface area (Å²) in [6, 6.07) is 12.1. The smallest absolute Gasteiger partial charge is 0.244 e. The van der Waals surface area contributed by atoms with Crippen molar-refractivity contribution in [3.8, 4) is 17.2 Å². The maximum absolute atomic E-state index is 12.4. The van der Waals surface area contributed by atoms with Gasteiger partial charge in [0, 0.05) is 31.0 Å². The van der Waals surface area contributed by atoms with Crippen LogP contribution in [0.1, 0.15) is 29.5 Å². The van der Waals surface area contributed by atoms with Crippen molar-refractivity contribution in [3.05, 3.63) is 59.2 Å². The quantitative estimate of drug-likeness (QED) is 0.687. The van der Waals surface area contributed by atoms with Gasteiger partial charge in [-0.3, -0.25) is 4.79 Å². The van der Waals surface area contributed by atoms with Gasteiger partial charge in [-0.2, -0.15) is 0 Å². The fourth-order valence-electron chi connectivity index (χ4n) is 4.03. The molecule has 30 heavy (non-hydrogen) atoms. The van der Waals surface area contributed by atoms with E-state index in [1.54, 1.807) is 24.2 Å². The van der Waals surface area contributed by atoms with Gasteiger partial charge in [0.2, 0.25) is 11.7 Å². The Bertz CT molecular complexity index is 902. The molecule has 4 rings (SSSR count). The first-order valence-corrected chi connectivity index (χ1v) is 10.6. The van der Waals surface area contributed by atoms with Crippen LogP contribution >= 0.6 is 0 Å². The largest absolute Gasteiger partial charge is 0.493 e. The van der Waals surface area contributed by atoms with E-state index in [1.807, 2.05) is 18.2 Å². The van der Waals surface area contributed by atoms with Gasteiger partial charge in [-0.15, -0.1) is 0 Å². The molecule has 6 nitrogen and oxygen atoms in total. The van der Waals surface area contributed by atoms with Gasteiger partial charge in [0.15, 0.2) is 11.5 Å². The molecule has 0 radical (unpaired) electrons. The Hall–Kier alpha value is -2.99. The maximum Gasteiger partial charge on any atom is 0.244 e. The summed E-state index contributed by atoms with van der Waals surface area (Å²) in [6.45, 7) is 5.03. The lowest BCUT2D eigenvalue weighted by molar-refractivity contribution is -0.901. The number of rotatable bonds is 7. The van der Waals surface area contributed by atoms with Crippen LogP contribution in [0.2, 0.25) is 0 Å². The van der Waals surface area contributed by atoms with Gasteiger partial charge in [-0.05, 0) is 29.3 Å². The number of amides is 1. The van der Waals surface area contributed by atoms with Crippen molar-refractivity contribution >= 4 is 12.0 Å². The summed E-state index contributed by atoms with van der Waals surface area (Å²) in [4.78, 5) is 14.0. The van der Waals surface area contributed by atoms with E-state index in [0.29, 0.717) is 37.0 Å². The number of ether oxygens (including phenoxy) is 3. The van der Waals surface area contributed by atoms with Crippen LogP contribution in [0.15, 0.2) is 42.5 Å². The molecule has 0 aromatic heterocycles. The highest BCUT2D eigenvalue weighted by Crippen LogP contribution is 2.40. The van der Waals surface area contributed by atoms with Gasteiger partial charge in [0.05, 0.1) is 20.2 Å². The Morgan fingerprint density at radius 1 is 1.13 bits per heavy atom. The molecule has 0 atom stereocenters. The third-order valence-electron chi connectivity index (χ3n) is 5.60. The Kier molecular flexibility index (Phi) is 6.54. The van der Waals surface area contributed by atoms with Crippen molar-refractivity contribution in [3.63, 3.8) is 0 Å². The van der Waals surface area contributed by atoms with Gasteiger partial charge in [0.25, 0.3) is 0 Å². The molecular formula is C24H29N2O4+. The normalized spacial score (nSPS) is 16.0. The number of likely N-dealkylation sites (tertiary alicyclic amines) is 1. The second-order valence-electron chi connectivity index (χ2n) is 7.70. The van der Waals surface area contributed by atoms with Gasteiger partial charge in [0.1, 0.15) is 19.8 Å². The predicted molar refractivity (Wildman–Crippen MR) is 115 cm³/mol. The third-order valence-corrected chi connectivity index (χ3v) is 5.60. The number of carbonyl (C=O) groups excluding carboxylic acids is 1. The van der Waals surface area contributed by atoms with Crippen LogP contribution < -0.4 is 24.4 Å². The standard InChI is InChI=1S/C24H28N2O4/c1-28-21-14-18(15-22-24(21)30-13-12-29-22)8-9-23(27)25-16-19-6-2-3-7-20(19)17-26-10-4-5-11-26/h2-3,6-9,14-15H,4-5,10-13,16-17H2,1H3,(H,25,27)/p+1/b9-8+. The lowest BCUT2D eigenvalue weighted by Crippen LogP contribution is -3.08. The average Bonchev–Trinajstić information content (AvgIpc) is 3.29. The van der Waals surface area contributed by atoms with Crippen LogP contribution in [0.25, 0.3) is 6.08 Å². The lowest BCUT2D eigenvalue weighted by atomic mass is 10.1. The SMILES string of the molecule is COc1cc(/C=C/C(=O)NCc2ccccc2C[NH+]2CCCC2)cc2c1OCCO2. The molecule has 0 saturated carbocycles. The zero-order valence-corrected chi connectivity index (χ0v) is 17.4. The second-order valence-corrected chi connectivity index (χ2v) is 7.70. The number of quaternary nitrogens is 1. The monoisotopic (exact) mass is 409 g/mol. The van der Waals surface area contributed by atoms with Crippen LogP contribution in [0.4, 0.5) is 0 Å². The van der Waals surface area contributed by atoms with Crippen LogP contribution in [0.5, 0.6) is 17.2 Å². The van der Waals surface area contributed by atoms with Gasteiger partial charge < -0.3 is 24.4 Å². The van der Waals surface area contributed by atoms with Crippen molar-refractivity contribution in [1.29, 1.82) is 0 Å². The van der Waals surface area contributed by atoms with E-state index in [9.17, 15) is 4.79 Å². The molecule has 6 heteroatoms. The molecular weight excluding hydrogens is 380 g/mol. The van der Waals surface area contributed by atoms with E-state index in [4.69, 9.17) is 14.2 Å². The second kappa shape index (κ2) is 9.67. The first-order chi connectivity index (χ1) is 14.7. The molecule has 0 aliphatic carbocycles. The van der Waals surface area contributed by atoms with E-state index < -0.39 is 0 Å². The summed E-state index contributed by atoms with van der Waals surface area (Å²) < 4.78 is 16.7. The zero-order valence-electron chi connectivity index (χ0n) is 17.4. The molecule has 158 valence electrons.